The molecule has 0 bridgehead atoms. The van der Waals surface area contributed by atoms with Crippen molar-refractivity contribution in [2.75, 3.05) is 5.32 Å². The molecule has 1 unspecified atom stereocenters. The zero-order valence-electron chi connectivity index (χ0n) is 17.4. The maximum atomic E-state index is 13.5. The fraction of sp³-hybridized carbons (Fsp3) is 0.120. The van der Waals surface area contributed by atoms with Crippen LogP contribution in [0.1, 0.15) is 21.9 Å². The smallest absolute Gasteiger partial charge is 0.324 e. The third-order valence-corrected chi connectivity index (χ3v) is 6.43. The molecule has 1 amide bonds. The van der Waals surface area contributed by atoms with E-state index in [1.54, 1.807) is 24.3 Å². The van der Waals surface area contributed by atoms with Crippen LogP contribution < -0.4 is 5.32 Å². The van der Waals surface area contributed by atoms with Crippen molar-refractivity contribution < 1.29 is 18.0 Å². The number of amides is 1. The monoisotopic (exact) mass is 486 g/mol. The molecule has 1 atom stereocenters. The first kappa shape index (κ1) is 23.1. The van der Waals surface area contributed by atoms with Gasteiger partial charge in [0.15, 0.2) is 0 Å². The van der Waals surface area contributed by atoms with Crippen LogP contribution in [0.15, 0.2) is 83.9 Å². The first-order chi connectivity index (χ1) is 15.7. The van der Waals surface area contributed by atoms with Gasteiger partial charge < -0.3 is 5.32 Å². The number of carbonyl (C=O) groups is 1. The minimum Gasteiger partial charge on any atom is -0.324 e. The lowest BCUT2D eigenvalue weighted by Crippen LogP contribution is -2.21. The highest BCUT2D eigenvalue weighted by Crippen LogP contribution is 2.40. The van der Waals surface area contributed by atoms with Crippen LogP contribution in [-0.2, 0) is 11.0 Å². The van der Waals surface area contributed by atoms with E-state index in [-0.39, 0.29) is 10.7 Å². The van der Waals surface area contributed by atoms with Crippen LogP contribution in [0, 0.1) is 6.92 Å². The number of pyridine rings is 1. The van der Waals surface area contributed by atoms with E-state index in [9.17, 15) is 18.0 Å². The van der Waals surface area contributed by atoms with Crippen molar-refractivity contribution in [3.63, 3.8) is 0 Å². The molecule has 3 aromatic carbocycles. The van der Waals surface area contributed by atoms with Crippen LogP contribution in [0.5, 0.6) is 0 Å². The summed E-state index contributed by atoms with van der Waals surface area (Å²) in [7, 11) is 0. The molecule has 1 heterocycles. The third-order valence-electron chi connectivity index (χ3n) is 5.02. The summed E-state index contributed by atoms with van der Waals surface area (Å²) in [6, 6.07) is 21.7. The van der Waals surface area contributed by atoms with Gasteiger partial charge in [0.2, 0.25) is 5.91 Å². The van der Waals surface area contributed by atoms with Gasteiger partial charge in [-0.25, -0.2) is 4.98 Å². The minimum absolute atomic E-state index is 0.0647. The molecule has 1 aromatic heterocycles. The number of hydrogen-bond acceptors (Lipinski definition) is 3. The van der Waals surface area contributed by atoms with E-state index >= 15 is 0 Å². The molecule has 0 aliphatic heterocycles. The SMILES string of the molecule is Cc1cc(SC(C(=O)Nc2ccc(Cl)cc2C(F)(F)F)c2ccccc2)nc2ccccc12. The van der Waals surface area contributed by atoms with E-state index < -0.39 is 22.9 Å². The van der Waals surface area contributed by atoms with Gasteiger partial charge in [-0.3, -0.25) is 4.79 Å². The molecule has 0 saturated carbocycles. The van der Waals surface area contributed by atoms with Gasteiger partial charge in [0.1, 0.15) is 5.25 Å². The summed E-state index contributed by atoms with van der Waals surface area (Å²) in [6.07, 6.45) is -4.67. The molecule has 3 nitrogen and oxygen atoms in total. The molecule has 0 fully saturated rings. The first-order valence-electron chi connectivity index (χ1n) is 9.98. The van der Waals surface area contributed by atoms with Crippen molar-refractivity contribution in [3.8, 4) is 0 Å². The van der Waals surface area contributed by atoms with E-state index in [4.69, 9.17) is 11.6 Å². The van der Waals surface area contributed by atoms with Crippen LogP contribution in [0.4, 0.5) is 18.9 Å². The number of fused-ring (bicyclic) bond motifs is 1. The molecule has 33 heavy (non-hydrogen) atoms. The van der Waals surface area contributed by atoms with Gasteiger partial charge >= 0.3 is 6.18 Å². The Balaban J connectivity index is 1.70. The van der Waals surface area contributed by atoms with E-state index in [0.29, 0.717) is 10.6 Å². The van der Waals surface area contributed by atoms with E-state index in [1.807, 2.05) is 43.3 Å². The van der Waals surface area contributed by atoms with Crippen LogP contribution in [-0.4, -0.2) is 10.9 Å². The number of anilines is 1. The summed E-state index contributed by atoms with van der Waals surface area (Å²) < 4.78 is 40.6. The Morgan fingerprint density at radius 2 is 1.70 bits per heavy atom. The molecule has 0 radical (unpaired) electrons. The number of nitrogens with zero attached hydrogens (tertiary/aromatic N) is 1. The lowest BCUT2D eigenvalue weighted by atomic mass is 10.1. The number of rotatable bonds is 5. The Morgan fingerprint density at radius 3 is 2.42 bits per heavy atom. The highest BCUT2D eigenvalue weighted by atomic mass is 35.5. The maximum absolute atomic E-state index is 13.5. The van der Waals surface area contributed by atoms with Crippen molar-refractivity contribution in [2.24, 2.45) is 0 Å². The average molecular weight is 487 g/mol. The Labute approximate surface area is 198 Å². The van der Waals surface area contributed by atoms with Crippen LogP contribution >= 0.6 is 23.4 Å². The number of benzene rings is 3. The van der Waals surface area contributed by atoms with Gasteiger partial charge in [-0.05, 0) is 48.4 Å². The Kier molecular flexibility index (Phi) is 6.63. The molecule has 4 rings (SSSR count). The van der Waals surface area contributed by atoms with Crippen LogP contribution in [0.3, 0.4) is 0 Å². The molecular formula is C25H18ClF3N2OS. The first-order valence-corrected chi connectivity index (χ1v) is 11.2. The molecule has 0 aliphatic rings. The topological polar surface area (TPSA) is 42.0 Å². The molecule has 0 spiro atoms. The molecule has 4 aromatic rings. The zero-order valence-corrected chi connectivity index (χ0v) is 18.9. The summed E-state index contributed by atoms with van der Waals surface area (Å²) >= 11 is 6.95. The molecule has 0 saturated heterocycles. The summed E-state index contributed by atoms with van der Waals surface area (Å²) in [6.45, 7) is 1.95. The van der Waals surface area contributed by atoms with E-state index in [2.05, 4.69) is 10.3 Å². The number of hydrogen-bond donors (Lipinski definition) is 1. The Morgan fingerprint density at radius 1 is 1.00 bits per heavy atom. The predicted molar refractivity (Wildman–Crippen MR) is 127 cm³/mol. The molecule has 168 valence electrons. The number of carbonyl (C=O) groups excluding carboxylic acids is 1. The largest absolute Gasteiger partial charge is 0.418 e. The second-order valence-electron chi connectivity index (χ2n) is 7.38. The average Bonchev–Trinajstić information content (AvgIpc) is 2.78. The van der Waals surface area contributed by atoms with Crippen LogP contribution in [0.25, 0.3) is 10.9 Å². The zero-order chi connectivity index (χ0) is 23.6. The summed E-state index contributed by atoms with van der Waals surface area (Å²) in [5.74, 6) is -0.591. The summed E-state index contributed by atoms with van der Waals surface area (Å²) in [4.78, 5) is 17.9. The van der Waals surface area contributed by atoms with Crippen molar-refractivity contribution in [1.29, 1.82) is 0 Å². The quantitative estimate of drug-likeness (QED) is 0.294. The molecular weight excluding hydrogens is 469 g/mol. The van der Waals surface area contributed by atoms with Gasteiger partial charge in [-0.15, -0.1) is 0 Å². The van der Waals surface area contributed by atoms with Crippen molar-refractivity contribution >= 4 is 45.9 Å². The maximum Gasteiger partial charge on any atom is 0.418 e. The van der Waals surface area contributed by atoms with Crippen LogP contribution in [0.2, 0.25) is 5.02 Å². The van der Waals surface area contributed by atoms with Gasteiger partial charge in [-0.2, -0.15) is 13.2 Å². The number of thioether (sulfide) groups is 1. The number of halogens is 4. The van der Waals surface area contributed by atoms with Gasteiger partial charge in [-0.1, -0.05) is 71.9 Å². The number of alkyl halides is 3. The summed E-state index contributed by atoms with van der Waals surface area (Å²) in [5.41, 5.74) is 1.08. The number of para-hydroxylation sites is 1. The van der Waals surface area contributed by atoms with E-state index in [0.717, 1.165) is 28.6 Å². The predicted octanol–water partition coefficient (Wildman–Crippen LogP) is 7.69. The fourth-order valence-corrected chi connectivity index (χ4v) is 4.73. The van der Waals surface area contributed by atoms with Crippen molar-refractivity contribution in [1.82, 2.24) is 4.98 Å². The number of nitrogens with one attached hydrogen (secondary N) is 1. The van der Waals surface area contributed by atoms with Crippen molar-refractivity contribution in [3.05, 3.63) is 101 Å². The number of aryl methyl sites for hydroxylation is 1. The molecule has 1 N–H and O–H groups in total. The Hall–Kier alpha value is -3.03. The highest BCUT2D eigenvalue weighted by molar-refractivity contribution is 8.00. The van der Waals surface area contributed by atoms with Gasteiger partial charge in [0.25, 0.3) is 0 Å². The standard InChI is InChI=1S/C25H18ClF3N2OS/c1-15-13-22(30-20-10-6-5-9-18(15)20)33-23(16-7-3-2-4-8-16)24(32)31-21-12-11-17(26)14-19(21)25(27,28)29/h2-14,23H,1H3,(H,31,32). The van der Waals surface area contributed by atoms with Gasteiger partial charge in [0, 0.05) is 10.4 Å². The lowest BCUT2D eigenvalue weighted by Gasteiger charge is -2.19. The normalized spacial score (nSPS) is 12.5. The van der Waals surface area contributed by atoms with Gasteiger partial charge in [0.05, 0.1) is 21.8 Å². The third kappa shape index (κ3) is 5.31. The molecule has 8 heteroatoms. The molecule has 0 aliphatic carbocycles. The summed E-state index contributed by atoms with van der Waals surface area (Å²) in [5, 5.41) is 3.16. The minimum atomic E-state index is -4.67. The second-order valence-corrected chi connectivity index (χ2v) is 8.94. The number of aromatic nitrogens is 1. The van der Waals surface area contributed by atoms with E-state index in [1.165, 1.54) is 17.8 Å². The Bertz CT molecular complexity index is 1310. The second kappa shape index (κ2) is 9.45. The fourth-order valence-electron chi connectivity index (χ4n) is 3.46. The lowest BCUT2D eigenvalue weighted by molar-refractivity contribution is -0.137. The highest BCUT2D eigenvalue weighted by Gasteiger charge is 2.35. The van der Waals surface area contributed by atoms with Crippen molar-refractivity contribution in [2.45, 2.75) is 23.4 Å².